The third kappa shape index (κ3) is 2.96. The minimum atomic E-state index is 0.316. The zero-order valence-corrected chi connectivity index (χ0v) is 8.81. The fourth-order valence-corrected chi connectivity index (χ4v) is 2.57. The van der Waals surface area contributed by atoms with E-state index in [1.165, 1.54) is 18.1 Å². The van der Waals surface area contributed by atoms with Crippen LogP contribution in [0.25, 0.3) is 0 Å². The second kappa shape index (κ2) is 5.10. The van der Waals surface area contributed by atoms with Crippen LogP contribution in [0.5, 0.6) is 0 Å². The van der Waals surface area contributed by atoms with Crippen molar-refractivity contribution in [3.05, 3.63) is 0 Å². The van der Waals surface area contributed by atoms with Crippen LogP contribution >= 0.6 is 11.8 Å². The molecule has 72 valence electrons. The van der Waals surface area contributed by atoms with Crippen LogP contribution in [0.15, 0.2) is 0 Å². The van der Waals surface area contributed by atoms with E-state index in [-0.39, 0.29) is 0 Å². The third-order valence-electron chi connectivity index (χ3n) is 2.36. The summed E-state index contributed by atoms with van der Waals surface area (Å²) < 4.78 is 0. The van der Waals surface area contributed by atoms with Gasteiger partial charge in [0.05, 0.1) is 0 Å². The minimum Gasteiger partial charge on any atom is -0.396 e. The Morgan fingerprint density at radius 3 is 3.00 bits per heavy atom. The van der Waals surface area contributed by atoms with E-state index in [2.05, 4.69) is 18.7 Å². The summed E-state index contributed by atoms with van der Waals surface area (Å²) >= 11 is 2.04. The molecule has 0 amide bonds. The Morgan fingerprint density at radius 1 is 1.67 bits per heavy atom. The van der Waals surface area contributed by atoms with Crippen LogP contribution in [0.1, 0.15) is 13.8 Å². The predicted octanol–water partition coefficient (Wildman–Crippen LogP) is 1.05. The Balaban J connectivity index is 2.28. The lowest BCUT2D eigenvalue weighted by molar-refractivity contribution is 0.154. The molecular weight excluding hydrogens is 170 g/mol. The molecule has 0 aliphatic carbocycles. The number of thioether (sulfide) groups is 1. The summed E-state index contributed by atoms with van der Waals surface area (Å²) in [5, 5.41) is 8.92. The SMILES string of the molecule is CC(CO)CN1CCSCC1C. The van der Waals surface area contributed by atoms with Crippen molar-refractivity contribution in [2.45, 2.75) is 19.9 Å². The van der Waals surface area contributed by atoms with Crippen molar-refractivity contribution in [2.24, 2.45) is 5.92 Å². The van der Waals surface area contributed by atoms with E-state index in [0.717, 1.165) is 6.54 Å². The maximum Gasteiger partial charge on any atom is 0.0468 e. The quantitative estimate of drug-likeness (QED) is 0.718. The van der Waals surface area contributed by atoms with Crippen molar-refractivity contribution >= 4 is 11.8 Å². The van der Waals surface area contributed by atoms with Gasteiger partial charge in [-0.3, -0.25) is 4.90 Å². The topological polar surface area (TPSA) is 23.5 Å². The summed E-state index contributed by atoms with van der Waals surface area (Å²) in [6.07, 6.45) is 0. The molecule has 1 saturated heterocycles. The molecule has 0 aromatic heterocycles. The van der Waals surface area contributed by atoms with Crippen LogP contribution in [0.4, 0.5) is 0 Å². The van der Waals surface area contributed by atoms with Crippen LogP contribution < -0.4 is 0 Å². The number of aliphatic hydroxyl groups is 1. The molecule has 0 aromatic rings. The molecule has 2 nitrogen and oxygen atoms in total. The van der Waals surface area contributed by atoms with E-state index >= 15 is 0 Å². The van der Waals surface area contributed by atoms with Crippen molar-refractivity contribution < 1.29 is 5.11 Å². The highest BCUT2D eigenvalue weighted by Gasteiger charge is 2.19. The van der Waals surface area contributed by atoms with E-state index < -0.39 is 0 Å². The van der Waals surface area contributed by atoms with Gasteiger partial charge in [0, 0.05) is 37.2 Å². The van der Waals surface area contributed by atoms with Gasteiger partial charge in [0.25, 0.3) is 0 Å². The van der Waals surface area contributed by atoms with E-state index in [4.69, 9.17) is 5.11 Å². The molecule has 1 fully saturated rings. The first-order chi connectivity index (χ1) is 5.74. The molecule has 3 heteroatoms. The van der Waals surface area contributed by atoms with Crippen molar-refractivity contribution in [3.8, 4) is 0 Å². The van der Waals surface area contributed by atoms with E-state index in [0.29, 0.717) is 18.6 Å². The largest absolute Gasteiger partial charge is 0.396 e. The number of hydrogen-bond acceptors (Lipinski definition) is 3. The standard InChI is InChI=1S/C9H19NOS/c1-8(6-11)5-10-3-4-12-7-9(10)2/h8-9,11H,3-7H2,1-2H3. The molecule has 2 atom stereocenters. The molecular formula is C9H19NOS. The Hall–Kier alpha value is 0.270. The number of nitrogens with zero attached hydrogens (tertiary/aromatic N) is 1. The monoisotopic (exact) mass is 189 g/mol. The fraction of sp³-hybridized carbons (Fsp3) is 1.00. The lowest BCUT2D eigenvalue weighted by atomic mass is 10.1. The maximum atomic E-state index is 8.92. The van der Waals surface area contributed by atoms with Crippen LogP contribution in [0.2, 0.25) is 0 Å². The number of rotatable bonds is 3. The zero-order chi connectivity index (χ0) is 8.97. The first kappa shape index (κ1) is 10.4. The summed E-state index contributed by atoms with van der Waals surface area (Å²) in [5.74, 6) is 2.93. The highest BCUT2D eigenvalue weighted by molar-refractivity contribution is 7.99. The molecule has 0 aromatic carbocycles. The van der Waals surface area contributed by atoms with Crippen LogP contribution in [0, 0.1) is 5.92 Å². The van der Waals surface area contributed by atoms with Gasteiger partial charge in [0.1, 0.15) is 0 Å². The summed E-state index contributed by atoms with van der Waals surface area (Å²) in [5.41, 5.74) is 0. The second-order valence-corrected chi connectivity index (χ2v) is 4.86. The smallest absolute Gasteiger partial charge is 0.0468 e. The molecule has 0 spiro atoms. The highest BCUT2D eigenvalue weighted by Crippen LogP contribution is 2.16. The minimum absolute atomic E-state index is 0.316. The molecule has 1 rings (SSSR count). The predicted molar refractivity (Wildman–Crippen MR) is 54.6 cm³/mol. The van der Waals surface area contributed by atoms with Crippen molar-refractivity contribution in [1.82, 2.24) is 4.90 Å². The highest BCUT2D eigenvalue weighted by atomic mass is 32.2. The van der Waals surface area contributed by atoms with Crippen LogP contribution in [-0.2, 0) is 0 Å². The second-order valence-electron chi connectivity index (χ2n) is 3.71. The Kier molecular flexibility index (Phi) is 4.40. The number of hydrogen-bond donors (Lipinski definition) is 1. The van der Waals surface area contributed by atoms with Gasteiger partial charge in [-0.25, -0.2) is 0 Å². The van der Waals surface area contributed by atoms with Crippen molar-refractivity contribution in [3.63, 3.8) is 0 Å². The van der Waals surface area contributed by atoms with Gasteiger partial charge in [0.2, 0.25) is 0 Å². The molecule has 2 unspecified atom stereocenters. The summed E-state index contributed by atoms with van der Waals surface area (Å²) in [6.45, 7) is 6.94. The lowest BCUT2D eigenvalue weighted by Crippen LogP contribution is -2.43. The average molecular weight is 189 g/mol. The molecule has 0 bridgehead atoms. The Bertz CT molecular complexity index is 132. The van der Waals surface area contributed by atoms with Gasteiger partial charge in [-0.05, 0) is 12.8 Å². The van der Waals surface area contributed by atoms with Crippen molar-refractivity contribution in [1.29, 1.82) is 0 Å². The molecule has 1 aliphatic heterocycles. The Morgan fingerprint density at radius 2 is 2.42 bits per heavy atom. The number of aliphatic hydroxyl groups excluding tert-OH is 1. The lowest BCUT2D eigenvalue weighted by Gasteiger charge is -2.34. The fourth-order valence-electron chi connectivity index (χ4n) is 1.49. The van der Waals surface area contributed by atoms with E-state index in [9.17, 15) is 0 Å². The van der Waals surface area contributed by atoms with E-state index in [1.54, 1.807) is 0 Å². The normalized spacial score (nSPS) is 28.8. The summed E-state index contributed by atoms with van der Waals surface area (Å²) in [6, 6.07) is 0.692. The molecule has 0 radical (unpaired) electrons. The van der Waals surface area contributed by atoms with Gasteiger partial charge >= 0.3 is 0 Å². The van der Waals surface area contributed by atoms with Gasteiger partial charge in [-0.2, -0.15) is 11.8 Å². The van der Waals surface area contributed by atoms with Gasteiger partial charge in [-0.15, -0.1) is 0 Å². The molecule has 1 heterocycles. The third-order valence-corrected chi connectivity index (χ3v) is 3.55. The first-order valence-electron chi connectivity index (χ1n) is 4.66. The zero-order valence-electron chi connectivity index (χ0n) is 7.99. The van der Waals surface area contributed by atoms with E-state index in [1.807, 2.05) is 11.8 Å². The van der Waals surface area contributed by atoms with Gasteiger partial charge in [-0.1, -0.05) is 6.92 Å². The molecule has 12 heavy (non-hydrogen) atoms. The molecule has 0 saturated carbocycles. The Labute approximate surface area is 79.3 Å². The molecule has 1 aliphatic rings. The summed E-state index contributed by atoms with van der Waals surface area (Å²) in [7, 11) is 0. The molecule has 1 N–H and O–H groups in total. The van der Waals surface area contributed by atoms with Gasteiger partial charge in [0.15, 0.2) is 0 Å². The first-order valence-corrected chi connectivity index (χ1v) is 5.82. The van der Waals surface area contributed by atoms with Crippen LogP contribution in [-0.4, -0.2) is 47.3 Å². The van der Waals surface area contributed by atoms with Crippen molar-refractivity contribution in [2.75, 3.05) is 31.2 Å². The average Bonchev–Trinajstić information content (AvgIpc) is 2.09. The summed E-state index contributed by atoms with van der Waals surface area (Å²) in [4.78, 5) is 2.48. The maximum absolute atomic E-state index is 8.92. The van der Waals surface area contributed by atoms with Crippen LogP contribution in [0.3, 0.4) is 0 Å². The van der Waals surface area contributed by atoms with Gasteiger partial charge < -0.3 is 5.11 Å².